The Morgan fingerprint density at radius 1 is 1.32 bits per heavy atom. The van der Waals surface area contributed by atoms with Gasteiger partial charge >= 0.3 is 0 Å². The van der Waals surface area contributed by atoms with Crippen LogP contribution in [0, 0.1) is 5.92 Å². The molecule has 0 spiro atoms. The maximum Gasteiger partial charge on any atom is 0.242 e. The number of hydrogen-bond donors (Lipinski definition) is 2. The molecule has 19 heavy (non-hydrogen) atoms. The molecule has 6 heteroatoms. The van der Waals surface area contributed by atoms with E-state index >= 15 is 0 Å². The molecule has 1 saturated carbocycles. The molecule has 5 nitrogen and oxygen atoms in total. The number of hydrogen-bond acceptors (Lipinski definition) is 4. The Labute approximate surface area is 114 Å². The van der Waals surface area contributed by atoms with Crippen LogP contribution >= 0.6 is 0 Å². The molecule has 1 aliphatic carbocycles. The van der Waals surface area contributed by atoms with Crippen molar-refractivity contribution in [2.75, 3.05) is 12.4 Å². The van der Waals surface area contributed by atoms with E-state index in [4.69, 9.17) is 0 Å². The van der Waals surface area contributed by atoms with Crippen molar-refractivity contribution in [2.24, 2.45) is 5.92 Å². The van der Waals surface area contributed by atoms with Gasteiger partial charge in [-0.05, 0) is 37.8 Å². The van der Waals surface area contributed by atoms with E-state index in [1.54, 1.807) is 19.2 Å². The molecule has 2 N–H and O–H groups in total. The third-order valence-corrected chi connectivity index (χ3v) is 5.29. The largest absolute Gasteiger partial charge is 0.373 e. The molecule has 0 saturated heterocycles. The maximum atomic E-state index is 12.2. The predicted octanol–water partition coefficient (Wildman–Crippen LogP) is 1.98. The van der Waals surface area contributed by atoms with E-state index in [0.29, 0.717) is 11.7 Å². The lowest BCUT2D eigenvalue weighted by Crippen LogP contribution is -2.37. The molecule has 106 valence electrons. The van der Waals surface area contributed by atoms with E-state index in [1.165, 1.54) is 19.0 Å². The highest BCUT2D eigenvalue weighted by molar-refractivity contribution is 7.89. The second kappa shape index (κ2) is 5.88. The van der Waals surface area contributed by atoms with Crippen molar-refractivity contribution in [3.8, 4) is 0 Å². The van der Waals surface area contributed by atoms with Gasteiger partial charge < -0.3 is 5.32 Å². The second-order valence-corrected chi connectivity index (χ2v) is 6.80. The molecule has 1 aromatic heterocycles. The second-order valence-electron chi connectivity index (χ2n) is 5.08. The van der Waals surface area contributed by atoms with Crippen LogP contribution in [0.3, 0.4) is 0 Å². The highest BCUT2D eigenvalue weighted by Gasteiger charge is 2.26. The average molecular weight is 283 g/mol. The van der Waals surface area contributed by atoms with Gasteiger partial charge in [0.05, 0.1) is 0 Å². The SMILES string of the molecule is CNc1ccc(S(=O)(=O)NC(C)C2CCCC2)cn1. The number of pyridine rings is 1. The summed E-state index contributed by atoms with van der Waals surface area (Å²) in [5.74, 6) is 1.11. The van der Waals surface area contributed by atoms with Gasteiger partial charge in [-0.3, -0.25) is 0 Å². The molecule has 0 bridgehead atoms. The fourth-order valence-electron chi connectivity index (χ4n) is 2.55. The summed E-state index contributed by atoms with van der Waals surface area (Å²) in [6.07, 6.45) is 6.01. The Kier molecular flexibility index (Phi) is 4.42. The fraction of sp³-hybridized carbons (Fsp3) is 0.615. The van der Waals surface area contributed by atoms with Crippen molar-refractivity contribution >= 4 is 15.8 Å². The number of sulfonamides is 1. The van der Waals surface area contributed by atoms with E-state index in [0.717, 1.165) is 12.8 Å². The zero-order valence-corrected chi connectivity index (χ0v) is 12.2. The number of nitrogens with one attached hydrogen (secondary N) is 2. The van der Waals surface area contributed by atoms with Crippen LogP contribution in [0.15, 0.2) is 23.2 Å². The number of aromatic nitrogens is 1. The van der Waals surface area contributed by atoms with Gasteiger partial charge in [0.25, 0.3) is 0 Å². The number of nitrogens with zero attached hydrogens (tertiary/aromatic N) is 1. The van der Waals surface area contributed by atoms with Crippen molar-refractivity contribution in [3.63, 3.8) is 0 Å². The van der Waals surface area contributed by atoms with Gasteiger partial charge in [0.15, 0.2) is 0 Å². The topological polar surface area (TPSA) is 71.1 Å². The molecule has 1 atom stereocenters. The Morgan fingerprint density at radius 2 is 2.00 bits per heavy atom. The number of anilines is 1. The van der Waals surface area contributed by atoms with Crippen molar-refractivity contribution < 1.29 is 8.42 Å². The first-order valence-electron chi connectivity index (χ1n) is 6.69. The first-order chi connectivity index (χ1) is 9.03. The van der Waals surface area contributed by atoms with Crippen LogP contribution in [-0.2, 0) is 10.0 Å². The third-order valence-electron chi connectivity index (χ3n) is 3.75. The Hall–Kier alpha value is -1.14. The van der Waals surface area contributed by atoms with Crippen LogP contribution in [0.1, 0.15) is 32.6 Å². The minimum atomic E-state index is -3.46. The van der Waals surface area contributed by atoms with Crippen molar-refractivity contribution in [2.45, 2.75) is 43.5 Å². The molecule has 0 aliphatic heterocycles. The summed E-state index contributed by atoms with van der Waals surface area (Å²) in [7, 11) is -1.72. The lowest BCUT2D eigenvalue weighted by atomic mass is 10.0. The monoisotopic (exact) mass is 283 g/mol. The fourth-order valence-corrected chi connectivity index (χ4v) is 3.81. The van der Waals surface area contributed by atoms with Crippen molar-refractivity contribution in [1.82, 2.24) is 9.71 Å². The summed E-state index contributed by atoms with van der Waals surface area (Å²) in [5.41, 5.74) is 0. The van der Waals surface area contributed by atoms with E-state index in [9.17, 15) is 8.42 Å². The van der Waals surface area contributed by atoms with Gasteiger partial charge in [0.1, 0.15) is 10.7 Å². The highest BCUT2D eigenvalue weighted by atomic mass is 32.2. The summed E-state index contributed by atoms with van der Waals surface area (Å²) in [6, 6.07) is 3.22. The number of rotatable bonds is 5. The van der Waals surface area contributed by atoms with Gasteiger partial charge in [-0.15, -0.1) is 0 Å². The van der Waals surface area contributed by atoms with Crippen LogP contribution in [0.2, 0.25) is 0 Å². The molecule has 2 rings (SSSR count). The predicted molar refractivity (Wildman–Crippen MR) is 75.5 cm³/mol. The normalized spacial score (nSPS) is 18.4. The maximum absolute atomic E-state index is 12.2. The molecule has 1 aromatic rings. The van der Waals surface area contributed by atoms with Crippen LogP contribution in [0.4, 0.5) is 5.82 Å². The van der Waals surface area contributed by atoms with Crippen LogP contribution in [0.5, 0.6) is 0 Å². The molecule has 0 amide bonds. The Balaban J connectivity index is 2.08. The Morgan fingerprint density at radius 3 is 2.53 bits per heavy atom. The molecule has 0 aromatic carbocycles. The average Bonchev–Trinajstić information content (AvgIpc) is 2.92. The standard InChI is InChI=1S/C13H21N3O2S/c1-10(11-5-3-4-6-11)16-19(17,18)12-7-8-13(14-2)15-9-12/h7-11,16H,3-6H2,1-2H3,(H,14,15). The first-order valence-corrected chi connectivity index (χ1v) is 8.17. The zero-order chi connectivity index (χ0) is 13.9. The van der Waals surface area contributed by atoms with Gasteiger partial charge in [-0.1, -0.05) is 12.8 Å². The highest BCUT2D eigenvalue weighted by Crippen LogP contribution is 2.28. The molecule has 1 unspecified atom stereocenters. The van der Waals surface area contributed by atoms with Gasteiger partial charge in [0, 0.05) is 19.3 Å². The van der Waals surface area contributed by atoms with Gasteiger partial charge in [-0.2, -0.15) is 0 Å². The van der Waals surface area contributed by atoms with Crippen LogP contribution in [-0.4, -0.2) is 26.5 Å². The van der Waals surface area contributed by atoms with Crippen molar-refractivity contribution in [1.29, 1.82) is 0 Å². The van der Waals surface area contributed by atoms with E-state index in [-0.39, 0.29) is 10.9 Å². The molecule has 1 heterocycles. The van der Waals surface area contributed by atoms with E-state index < -0.39 is 10.0 Å². The zero-order valence-electron chi connectivity index (χ0n) is 11.4. The minimum Gasteiger partial charge on any atom is -0.373 e. The lowest BCUT2D eigenvalue weighted by Gasteiger charge is -2.20. The van der Waals surface area contributed by atoms with Crippen molar-refractivity contribution in [3.05, 3.63) is 18.3 Å². The van der Waals surface area contributed by atoms with Crippen LogP contribution in [0.25, 0.3) is 0 Å². The third kappa shape index (κ3) is 3.45. The molecular formula is C13H21N3O2S. The first kappa shape index (κ1) is 14.3. The van der Waals surface area contributed by atoms with Crippen LogP contribution < -0.4 is 10.0 Å². The molecule has 1 aliphatic rings. The molecule has 1 fully saturated rings. The summed E-state index contributed by atoms with van der Waals surface area (Å²) in [5, 5.41) is 2.86. The van der Waals surface area contributed by atoms with E-state index in [2.05, 4.69) is 15.0 Å². The lowest BCUT2D eigenvalue weighted by molar-refractivity contribution is 0.424. The Bertz CT molecular complexity index is 507. The molecular weight excluding hydrogens is 262 g/mol. The summed E-state index contributed by atoms with van der Waals surface area (Å²) in [4.78, 5) is 4.26. The molecule has 0 radical (unpaired) electrons. The van der Waals surface area contributed by atoms with Gasteiger partial charge in [-0.25, -0.2) is 18.1 Å². The summed E-state index contributed by atoms with van der Waals surface area (Å²) in [6.45, 7) is 1.95. The van der Waals surface area contributed by atoms with Gasteiger partial charge in [0.2, 0.25) is 10.0 Å². The minimum absolute atomic E-state index is 0.0172. The smallest absolute Gasteiger partial charge is 0.242 e. The summed E-state index contributed by atoms with van der Waals surface area (Å²) < 4.78 is 27.2. The summed E-state index contributed by atoms with van der Waals surface area (Å²) >= 11 is 0. The van der Waals surface area contributed by atoms with E-state index in [1.807, 2.05) is 6.92 Å². The quantitative estimate of drug-likeness (QED) is 0.867.